The normalized spacial score (nSPS) is 27.7. The van der Waals surface area contributed by atoms with Crippen LogP contribution in [0.5, 0.6) is 0 Å². The zero-order valence-electron chi connectivity index (χ0n) is 16.6. The summed E-state index contributed by atoms with van der Waals surface area (Å²) in [5, 5.41) is 6.38. The predicted molar refractivity (Wildman–Crippen MR) is 109 cm³/mol. The lowest BCUT2D eigenvalue weighted by Gasteiger charge is -2.18. The highest BCUT2D eigenvalue weighted by atomic mass is 19.1. The molecule has 154 valence electrons. The van der Waals surface area contributed by atoms with Crippen molar-refractivity contribution < 1.29 is 14.0 Å². The van der Waals surface area contributed by atoms with Gasteiger partial charge in [0.1, 0.15) is 5.82 Å². The molecule has 2 fully saturated rings. The van der Waals surface area contributed by atoms with Gasteiger partial charge in [0, 0.05) is 26.2 Å². The van der Waals surface area contributed by atoms with Crippen molar-refractivity contribution in [2.45, 2.75) is 19.8 Å². The Balaban J connectivity index is 1.28. The van der Waals surface area contributed by atoms with Gasteiger partial charge in [-0.25, -0.2) is 4.39 Å². The van der Waals surface area contributed by atoms with Crippen molar-refractivity contribution in [3.63, 3.8) is 0 Å². The van der Waals surface area contributed by atoms with E-state index in [2.05, 4.69) is 27.8 Å². The van der Waals surface area contributed by atoms with Gasteiger partial charge in [-0.05, 0) is 49.3 Å². The van der Waals surface area contributed by atoms with Crippen LogP contribution in [-0.2, 0) is 16.0 Å². The number of aliphatic imine (C=N–C) groups is 1. The van der Waals surface area contributed by atoms with Gasteiger partial charge in [0.15, 0.2) is 5.96 Å². The number of allylic oxidation sites excluding steroid dienone is 2. The monoisotopic (exact) mass is 398 g/mol. The number of carbonyl (C=O) groups excluding carboxylic acids is 2. The molecule has 2 aliphatic carbocycles. The number of nitrogens with one attached hydrogen (secondary N) is 2. The van der Waals surface area contributed by atoms with E-state index in [0.29, 0.717) is 38.6 Å². The molecule has 2 N–H and O–H groups in total. The van der Waals surface area contributed by atoms with Crippen molar-refractivity contribution in [3.05, 3.63) is 47.8 Å². The molecule has 1 aliphatic heterocycles. The Morgan fingerprint density at radius 1 is 1.10 bits per heavy atom. The van der Waals surface area contributed by atoms with Gasteiger partial charge in [0.25, 0.3) is 0 Å². The van der Waals surface area contributed by atoms with Crippen molar-refractivity contribution in [1.82, 2.24) is 15.5 Å². The zero-order chi connectivity index (χ0) is 20.4. The van der Waals surface area contributed by atoms with E-state index in [-0.39, 0.29) is 41.3 Å². The number of guanidine groups is 1. The van der Waals surface area contributed by atoms with E-state index in [1.54, 1.807) is 12.1 Å². The molecular formula is C22H27FN4O2. The second-order valence-electron chi connectivity index (χ2n) is 7.89. The maximum atomic E-state index is 13.0. The minimum Gasteiger partial charge on any atom is -0.357 e. The smallest absolute Gasteiger partial charge is 0.233 e. The summed E-state index contributed by atoms with van der Waals surface area (Å²) < 4.78 is 13.0. The third-order valence-electron chi connectivity index (χ3n) is 6.12. The Morgan fingerprint density at radius 3 is 2.38 bits per heavy atom. The molecule has 0 spiro atoms. The molecule has 1 heterocycles. The van der Waals surface area contributed by atoms with Crippen LogP contribution in [0.15, 0.2) is 41.4 Å². The van der Waals surface area contributed by atoms with Gasteiger partial charge in [-0.2, -0.15) is 0 Å². The molecule has 6 nitrogen and oxygen atoms in total. The lowest BCUT2D eigenvalue weighted by molar-refractivity contribution is -0.140. The zero-order valence-corrected chi connectivity index (χ0v) is 16.6. The SMILES string of the molecule is CCNC(=NCCc1ccc(F)cc1)NCCN1C(=O)C2C3C=CC(C3)C2C1=O. The molecule has 2 bridgehead atoms. The topological polar surface area (TPSA) is 73.8 Å². The molecule has 4 rings (SSSR count). The predicted octanol–water partition coefficient (Wildman–Crippen LogP) is 1.73. The minimum absolute atomic E-state index is 0.0168. The van der Waals surface area contributed by atoms with Crippen LogP contribution >= 0.6 is 0 Å². The molecular weight excluding hydrogens is 371 g/mol. The molecule has 4 atom stereocenters. The Labute approximate surface area is 170 Å². The Hall–Kier alpha value is -2.70. The molecule has 1 saturated heterocycles. The fourth-order valence-electron chi connectivity index (χ4n) is 4.76. The Morgan fingerprint density at radius 2 is 1.76 bits per heavy atom. The molecule has 2 amide bonds. The van der Waals surface area contributed by atoms with Crippen LogP contribution in [-0.4, -0.2) is 48.9 Å². The molecule has 1 saturated carbocycles. The number of benzene rings is 1. The van der Waals surface area contributed by atoms with Crippen molar-refractivity contribution in [2.75, 3.05) is 26.2 Å². The number of likely N-dealkylation sites (tertiary alicyclic amines) is 1. The fourth-order valence-corrected chi connectivity index (χ4v) is 4.76. The summed E-state index contributed by atoms with van der Waals surface area (Å²) in [6.07, 6.45) is 5.87. The lowest BCUT2D eigenvalue weighted by atomic mass is 9.85. The molecule has 29 heavy (non-hydrogen) atoms. The molecule has 1 aromatic rings. The van der Waals surface area contributed by atoms with Gasteiger partial charge in [0.05, 0.1) is 11.8 Å². The number of fused-ring (bicyclic) bond motifs is 5. The van der Waals surface area contributed by atoms with Crippen LogP contribution in [0.1, 0.15) is 18.9 Å². The van der Waals surface area contributed by atoms with Crippen LogP contribution in [0, 0.1) is 29.5 Å². The van der Waals surface area contributed by atoms with Gasteiger partial charge >= 0.3 is 0 Å². The number of hydrogen-bond acceptors (Lipinski definition) is 3. The van der Waals surface area contributed by atoms with Crippen LogP contribution in [0.3, 0.4) is 0 Å². The Bertz CT molecular complexity index is 806. The standard InChI is InChI=1S/C22H27FN4O2/c1-2-24-22(25-10-9-14-3-7-17(23)8-4-14)26-11-12-27-20(28)18-15-5-6-16(13-15)19(18)21(27)29/h3-8,15-16,18-19H,2,9-13H2,1H3,(H2,24,25,26). The third kappa shape index (κ3) is 3.91. The molecule has 0 radical (unpaired) electrons. The van der Waals surface area contributed by atoms with Gasteiger partial charge < -0.3 is 10.6 Å². The van der Waals surface area contributed by atoms with E-state index in [1.807, 2.05) is 6.92 Å². The molecule has 7 heteroatoms. The maximum Gasteiger partial charge on any atom is 0.233 e. The number of hydrogen-bond donors (Lipinski definition) is 2. The molecule has 4 unspecified atom stereocenters. The number of imide groups is 1. The first-order valence-corrected chi connectivity index (χ1v) is 10.4. The van der Waals surface area contributed by atoms with Gasteiger partial charge in [0.2, 0.25) is 11.8 Å². The van der Waals surface area contributed by atoms with Gasteiger partial charge in [-0.1, -0.05) is 24.3 Å². The van der Waals surface area contributed by atoms with Gasteiger partial charge in [-0.15, -0.1) is 0 Å². The van der Waals surface area contributed by atoms with E-state index < -0.39 is 0 Å². The first-order valence-electron chi connectivity index (χ1n) is 10.4. The number of rotatable bonds is 7. The van der Waals surface area contributed by atoms with E-state index >= 15 is 0 Å². The van der Waals surface area contributed by atoms with E-state index in [9.17, 15) is 14.0 Å². The Kier molecular flexibility index (Phi) is 5.65. The highest BCUT2D eigenvalue weighted by Gasteiger charge is 2.58. The van der Waals surface area contributed by atoms with E-state index in [4.69, 9.17) is 0 Å². The van der Waals surface area contributed by atoms with Crippen molar-refractivity contribution in [1.29, 1.82) is 0 Å². The van der Waals surface area contributed by atoms with Crippen molar-refractivity contribution in [3.8, 4) is 0 Å². The van der Waals surface area contributed by atoms with E-state index in [1.165, 1.54) is 17.0 Å². The van der Waals surface area contributed by atoms with Crippen molar-refractivity contribution >= 4 is 17.8 Å². The number of carbonyl (C=O) groups is 2. The van der Waals surface area contributed by atoms with Crippen LogP contribution in [0.4, 0.5) is 4.39 Å². The third-order valence-corrected chi connectivity index (χ3v) is 6.12. The van der Waals surface area contributed by atoms with Crippen LogP contribution < -0.4 is 10.6 Å². The first-order chi connectivity index (χ1) is 14.1. The second-order valence-corrected chi connectivity index (χ2v) is 7.89. The summed E-state index contributed by atoms with van der Waals surface area (Å²) in [4.78, 5) is 31.4. The van der Waals surface area contributed by atoms with Crippen molar-refractivity contribution in [2.24, 2.45) is 28.7 Å². The summed E-state index contributed by atoms with van der Waals surface area (Å²) >= 11 is 0. The maximum absolute atomic E-state index is 13.0. The quantitative estimate of drug-likeness (QED) is 0.318. The molecule has 1 aromatic carbocycles. The summed E-state index contributed by atoms with van der Waals surface area (Å²) in [5.74, 6) is 0.565. The van der Waals surface area contributed by atoms with Gasteiger partial charge in [-0.3, -0.25) is 19.5 Å². The second kappa shape index (κ2) is 8.35. The number of amides is 2. The van der Waals surface area contributed by atoms with Crippen LogP contribution in [0.2, 0.25) is 0 Å². The average Bonchev–Trinajstić information content (AvgIpc) is 3.39. The minimum atomic E-state index is -0.244. The summed E-state index contributed by atoms with van der Waals surface area (Å²) in [6, 6.07) is 6.41. The highest BCUT2D eigenvalue weighted by molar-refractivity contribution is 6.06. The summed E-state index contributed by atoms with van der Waals surface area (Å²) in [6.45, 7) is 4.06. The number of halogens is 1. The number of nitrogens with zero attached hydrogens (tertiary/aromatic N) is 2. The molecule has 0 aromatic heterocycles. The summed E-state index contributed by atoms with van der Waals surface area (Å²) in [5.41, 5.74) is 1.02. The first kappa shape index (κ1) is 19.6. The lowest BCUT2D eigenvalue weighted by Crippen LogP contribution is -2.43. The average molecular weight is 398 g/mol. The summed E-state index contributed by atoms with van der Waals surface area (Å²) in [7, 11) is 0. The van der Waals surface area contributed by atoms with Crippen LogP contribution in [0.25, 0.3) is 0 Å². The largest absolute Gasteiger partial charge is 0.357 e. The fraction of sp³-hybridized carbons (Fsp3) is 0.500. The van der Waals surface area contributed by atoms with E-state index in [0.717, 1.165) is 12.0 Å². The molecule has 3 aliphatic rings. The highest BCUT2D eigenvalue weighted by Crippen LogP contribution is 2.52.